The molecule has 1 fully saturated rings. The van der Waals surface area contributed by atoms with E-state index in [9.17, 15) is 0 Å². The molecule has 0 aliphatic carbocycles. The smallest absolute Gasteiger partial charge is 0.141 e. The third-order valence-corrected chi connectivity index (χ3v) is 4.67. The van der Waals surface area contributed by atoms with Crippen LogP contribution in [-0.2, 0) is 4.74 Å². The summed E-state index contributed by atoms with van der Waals surface area (Å²) in [6.45, 7) is 5.68. The van der Waals surface area contributed by atoms with Crippen molar-refractivity contribution in [2.24, 2.45) is 0 Å². The van der Waals surface area contributed by atoms with Crippen LogP contribution in [0.25, 0.3) is 10.2 Å². The lowest BCUT2D eigenvalue weighted by Crippen LogP contribution is -2.04. The largest absolute Gasteiger partial charge is 0.381 e. The Morgan fingerprint density at radius 1 is 1.35 bits per heavy atom. The SMILES string of the molecule is Cc1sc2nc(C3CCOC3)nc(Cl)c2c1C. The molecule has 3 rings (SSSR count). The van der Waals surface area contributed by atoms with Crippen LogP contribution in [0, 0.1) is 13.8 Å². The van der Waals surface area contributed by atoms with E-state index in [0.29, 0.717) is 17.7 Å². The molecule has 1 aliphatic heterocycles. The zero-order chi connectivity index (χ0) is 12.0. The predicted molar refractivity (Wildman–Crippen MR) is 70.1 cm³/mol. The molecular weight excluding hydrogens is 256 g/mol. The van der Waals surface area contributed by atoms with Gasteiger partial charge in [0.05, 0.1) is 12.0 Å². The van der Waals surface area contributed by atoms with Gasteiger partial charge in [0.15, 0.2) is 0 Å². The molecule has 3 heterocycles. The molecule has 3 nitrogen and oxygen atoms in total. The second-order valence-corrected chi connectivity index (χ2v) is 5.96. The number of thiophene rings is 1. The van der Waals surface area contributed by atoms with E-state index < -0.39 is 0 Å². The van der Waals surface area contributed by atoms with Gasteiger partial charge in [-0.1, -0.05) is 11.6 Å². The molecule has 1 saturated heterocycles. The number of nitrogens with zero attached hydrogens (tertiary/aromatic N) is 2. The summed E-state index contributed by atoms with van der Waals surface area (Å²) >= 11 is 7.96. The summed E-state index contributed by atoms with van der Waals surface area (Å²) < 4.78 is 5.37. The first-order valence-corrected chi connectivity index (χ1v) is 6.87. The Bertz CT molecular complexity index is 575. The molecule has 0 amide bonds. The van der Waals surface area contributed by atoms with Crippen molar-refractivity contribution in [2.75, 3.05) is 13.2 Å². The highest BCUT2D eigenvalue weighted by Crippen LogP contribution is 2.34. The maximum Gasteiger partial charge on any atom is 0.141 e. The summed E-state index contributed by atoms with van der Waals surface area (Å²) in [6, 6.07) is 0. The van der Waals surface area contributed by atoms with Crippen molar-refractivity contribution in [1.29, 1.82) is 0 Å². The van der Waals surface area contributed by atoms with Crippen LogP contribution in [0.1, 0.15) is 28.6 Å². The van der Waals surface area contributed by atoms with E-state index in [1.165, 1.54) is 10.4 Å². The van der Waals surface area contributed by atoms with Gasteiger partial charge in [-0.25, -0.2) is 9.97 Å². The quantitative estimate of drug-likeness (QED) is 0.743. The number of aromatic nitrogens is 2. The van der Waals surface area contributed by atoms with E-state index >= 15 is 0 Å². The molecule has 1 atom stereocenters. The standard InChI is InChI=1S/C12H13ClN2OS/c1-6-7(2)17-12-9(6)10(13)14-11(15-12)8-3-4-16-5-8/h8H,3-5H2,1-2H3. The Labute approximate surface area is 109 Å². The topological polar surface area (TPSA) is 35.0 Å². The van der Waals surface area contributed by atoms with Crippen LogP contribution >= 0.6 is 22.9 Å². The Morgan fingerprint density at radius 2 is 2.18 bits per heavy atom. The van der Waals surface area contributed by atoms with E-state index in [4.69, 9.17) is 16.3 Å². The Hall–Kier alpha value is -0.710. The molecule has 0 N–H and O–H groups in total. The highest BCUT2D eigenvalue weighted by atomic mass is 35.5. The minimum absolute atomic E-state index is 0.305. The van der Waals surface area contributed by atoms with Gasteiger partial charge in [-0.05, 0) is 25.8 Å². The van der Waals surface area contributed by atoms with Crippen LogP contribution in [0.15, 0.2) is 0 Å². The summed E-state index contributed by atoms with van der Waals surface area (Å²) in [5, 5.41) is 1.59. The predicted octanol–water partition coefficient (Wildman–Crippen LogP) is 3.47. The zero-order valence-electron chi connectivity index (χ0n) is 9.79. The van der Waals surface area contributed by atoms with E-state index in [2.05, 4.69) is 23.8 Å². The van der Waals surface area contributed by atoms with Crippen LogP contribution in [0.2, 0.25) is 5.15 Å². The molecular formula is C12H13ClN2OS. The first kappa shape index (κ1) is 11.4. The van der Waals surface area contributed by atoms with Gasteiger partial charge in [-0.3, -0.25) is 0 Å². The number of hydrogen-bond acceptors (Lipinski definition) is 4. The van der Waals surface area contributed by atoms with Gasteiger partial charge in [0.2, 0.25) is 0 Å². The molecule has 0 bridgehead atoms. The maximum absolute atomic E-state index is 6.27. The molecule has 2 aromatic heterocycles. The van der Waals surface area contributed by atoms with Crippen LogP contribution in [-0.4, -0.2) is 23.2 Å². The van der Waals surface area contributed by atoms with Crippen molar-refractivity contribution < 1.29 is 4.74 Å². The summed E-state index contributed by atoms with van der Waals surface area (Å²) in [4.78, 5) is 11.3. The van der Waals surface area contributed by atoms with Crippen LogP contribution in [0.3, 0.4) is 0 Å². The minimum Gasteiger partial charge on any atom is -0.381 e. The lowest BCUT2D eigenvalue weighted by molar-refractivity contribution is 0.193. The van der Waals surface area contributed by atoms with Gasteiger partial charge in [0.1, 0.15) is 15.8 Å². The minimum atomic E-state index is 0.305. The average molecular weight is 269 g/mol. The molecule has 1 aliphatic rings. The fraction of sp³-hybridized carbons (Fsp3) is 0.500. The first-order chi connectivity index (χ1) is 8.16. The summed E-state index contributed by atoms with van der Waals surface area (Å²) in [7, 11) is 0. The Morgan fingerprint density at radius 3 is 2.88 bits per heavy atom. The highest BCUT2D eigenvalue weighted by Gasteiger charge is 2.23. The lowest BCUT2D eigenvalue weighted by Gasteiger charge is -2.06. The summed E-state index contributed by atoms with van der Waals surface area (Å²) in [6.07, 6.45) is 0.991. The normalized spacial score (nSPS) is 20.3. The molecule has 0 saturated carbocycles. The number of fused-ring (bicyclic) bond motifs is 1. The number of hydrogen-bond donors (Lipinski definition) is 0. The van der Waals surface area contributed by atoms with Crippen LogP contribution in [0.4, 0.5) is 0 Å². The lowest BCUT2D eigenvalue weighted by atomic mass is 10.1. The third-order valence-electron chi connectivity index (χ3n) is 3.30. The van der Waals surface area contributed by atoms with Gasteiger partial charge < -0.3 is 4.74 Å². The van der Waals surface area contributed by atoms with E-state index in [-0.39, 0.29) is 0 Å². The number of aryl methyl sites for hydroxylation is 2. The molecule has 1 unspecified atom stereocenters. The second-order valence-electron chi connectivity index (χ2n) is 4.40. The zero-order valence-corrected chi connectivity index (χ0v) is 11.4. The van der Waals surface area contributed by atoms with E-state index in [1.54, 1.807) is 11.3 Å². The number of rotatable bonds is 1. The second kappa shape index (κ2) is 4.19. The van der Waals surface area contributed by atoms with Crippen molar-refractivity contribution in [3.8, 4) is 0 Å². The third kappa shape index (κ3) is 1.84. The molecule has 90 valence electrons. The average Bonchev–Trinajstić information content (AvgIpc) is 2.88. The Kier molecular flexibility index (Phi) is 2.81. The van der Waals surface area contributed by atoms with Crippen molar-refractivity contribution in [1.82, 2.24) is 9.97 Å². The molecule has 17 heavy (non-hydrogen) atoms. The van der Waals surface area contributed by atoms with Crippen LogP contribution in [0.5, 0.6) is 0 Å². The molecule has 0 aromatic carbocycles. The fourth-order valence-electron chi connectivity index (χ4n) is 2.14. The van der Waals surface area contributed by atoms with Crippen molar-refractivity contribution in [3.05, 3.63) is 21.4 Å². The monoisotopic (exact) mass is 268 g/mol. The molecule has 0 radical (unpaired) electrons. The molecule has 2 aromatic rings. The van der Waals surface area contributed by atoms with Crippen molar-refractivity contribution >= 4 is 33.2 Å². The van der Waals surface area contributed by atoms with Crippen LogP contribution < -0.4 is 0 Å². The van der Waals surface area contributed by atoms with Crippen molar-refractivity contribution in [2.45, 2.75) is 26.2 Å². The summed E-state index contributed by atoms with van der Waals surface area (Å²) in [5.74, 6) is 1.14. The highest BCUT2D eigenvalue weighted by molar-refractivity contribution is 7.18. The Balaban J connectivity index is 2.16. The van der Waals surface area contributed by atoms with Gasteiger partial charge in [0.25, 0.3) is 0 Å². The summed E-state index contributed by atoms with van der Waals surface area (Å²) in [5.41, 5.74) is 1.20. The maximum atomic E-state index is 6.27. The van der Waals surface area contributed by atoms with E-state index in [0.717, 1.165) is 29.1 Å². The molecule has 0 spiro atoms. The van der Waals surface area contributed by atoms with Gasteiger partial charge in [-0.2, -0.15) is 0 Å². The number of ether oxygens (including phenoxy) is 1. The van der Waals surface area contributed by atoms with E-state index in [1.807, 2.05) is 0 Å². The van der Waals surface area contributed by atoms with Gasteiger partial charge in [0, 0.05) is 17.4 Å². The van der Waals surface area contributed by atoms with Gasteiger partial charge >= 0.3 is 0 Å². The number of halogens is 1. The molecule has 5 heteroatoms. The fourth-order valence-corrected chi connectivity index (χ4v) is 3.55. The first-order valence-electron chi connectivity index (χ1n) is 5.67. The van der Waals surface area contributed by atoms with Crippen molar-refractivity contribution in [3.63, 3.8) is 0 Å². The van der Waals surface area contributed by atoms with Gasteiger partial charge in [-0.15, -0.1) is 11.3 Å².